The van der Waals surface area contributed by atoms with Crippen molar-refractivity contribution in [2.45, 2.75) is 240 Å². The van der Waals surface area contributed by atoms with Crippen molar-refractivity contribution in [1.82, 2.24) is 0 Å². The molecule has 0 aromatic heterocycles. The number of aromatic hydroxyl groups is 1. The van der Waals surface area contributed by atoms with E-state index in [-0.39, 0.29) is 11.6 Å². The number of aryl methyl sites for hydroxylation is 2. The molecule has 0 bridgehead atoms. The molecular weight excluding hydrogens is 647 g/mol. The molecule has 0 spiro atoms. The molecule has 0 aliphatic carbocycles. The lowest BCUT2D eigenvalue weighted by molar-refractivity contribution is 0.181. The molecule has 0 aliphatic heterocycles. The van der Waals surface area contributed by atoms with E-state index in [1.54, 1.807) is 0 Å². The Morgan fingerprint density at radius 1 is 0.510 bits per heavy atom. The van der Waals surface area contributed by atoms with E-state index < -0.39 is 7.60 Å². The SMILES string of the molecule is CCCCCCCCCCCOP(=O)(OCCCCCCCCCCC)C(c1cc(CCCC)c(O)c(CCCCCC)c1)C(CC)CCCC. The molecule has 1 N–H and O–H groups in total. The number of unbranched alkanes of at least 4 members (excludes halogenated alkanes) is 21. The minimum Gasteiger partial charge on any atom is -0.507 e. The molecule has 51 heavy (non-hydrogen) atoms. The maximum absolute atomic E-state index is 15.5. The summed E-state index contributed by atoms with van der Waals surface area (Å²) in [6, 6.07) is 4.39. The molecule has 0 saturated carbocycles. The molecule has 300 valence electrons. The second-order valence-corrected chi connectivity index (χ2v) is 17.9. The molecule has 0 saturated heterocycles. The molecule has 1 aromatic carbocycles. The topological polar surface area (TPSA) is 55.8 Å². The van der Waals surface area contributed by atoms with Crippen molar-refractivity contribution in [2.24, 2.45) is 5.92 Å². The molecular formula is C46H87O4P. The Bertz CT molecular complexity index is 950. The number of hydrogen-bond donors (Lipinski definition) is 1. The summed E-state index contributed by atoms with van der Waals surface area (Å²) in [5, 5.41) is 11.5. The van der Waals surface area contributed by atoms with Gasteiger partial charge in [-0.2, -0.15) is 0 Å². The maximum atomic E-state index is 15.5. The van der Waals surface area contributed by atoms with Gasteiger partial charge < -0.3 is 14.2 Å². The largest absolute Gasteiger partial charge is 0.507 e. The van der Waals surface area contributed by atoms with E-state index in [1.165, 1.54) is 109 Å². The minimum absolute atomic E-state index is 0.207. The van der Waals surface area contributed by atoms with Gasteiger partial charge in [0.15, 0.2) is 0 Å². The van der Waals surface area contributed by atoms with Gasteiger partial charge >= 0.3 is 7.60 Å². The van der Waals surface area contributed by atoms with Gasteiger partial charge in [-0.25, -0.2) is 0 Å². The zero-order valence-corrected chi connectivity index (χ0v) is 36.0. The third-order valence-electron chi connectivity index (χ3n) is 11.0. The van der Waals surface area contributed by atoms with Crippen molar-refractivity contribution < 1.29 is 18.7 Å². The van der Waals surface area contributed by atoms with Crippen LogP contribution >= 0.6 is 7.60 Å². The second kappa shape index (κ2) is 32.6. The van der Waals surface area contributed by atoms with Crippen LogP contribution < -0.4 is 0 Å². The summed E-state index contributed by atoms with van der Waals surface area (Å²) < 4.78 is 28.7. The Hall–Kier alpha value is -0.830. The van der Waals surface area contributed by atoms with Crippen LogP contribution in [0.15, 0.2) is 12.1 Å². The monoisotopic (exact) mass is 735 g/mol. The molecule has 0 amide bonds. The summed E-state index contributed by atoms with van der Waals surface area (Å²) in [5.41, 5.74) is 2.81. The zero-order valence-electron chi connectivity index (χ0n) is 35.1. The molecule has 1 aromatic rings. The Morgan fingerprint density at radius 2 is 0.882 bits per heavy atom. The van der Waals surface area contributed by atoms with Gasteiger partial charge in [-0.15, -0.1) is 0 Å². The number of phenolic OH excluding ortho intramolecular Hbond substituents is 1. The molecule has 2 unspecified atom stereocenters. The average molecular weight is 735 g/mol. The van der Waals surface area contributed by atoms with Crippen molar-refractivity contribution >= 4 is 7.60 Å². The fourth-order valence-electron chi connectivity index (χ4n) is 7.62. The van der Waals surface area contributed by atoms with Gasteiger partial charge in [0, 0.05) is 0 Å². The van der Waals surface area contributed by atoms with Gasteiger partial charge in [0.25, 0.3) is 0 Å². The van der Waals surface area contributed by atoms with E-state index in [0.29, 0.717) is 19.0 Å². The summed E-state index contributed by atoms with van der Waals surface area (Å²) in [5.74, 6) is 0.670. The quantitative estimate of drug-likeness (QED) is 0.0546. The smallest absolute Gasteiger partial charge is 0.338 e. The lowest BCUT2D eigenvalue weighted by Gasteiger charge is -2.34. The van der Waals surface area contributed by atoms with Crippen molar-refractivity contribution in [2.75, 3.05) is 13.2 Å². The number of benzene rings is 1. The highest BCUT2D eigenvalue weighted by Gasteiger charge is 2.42. The van der Waals surface area contributed by atoms with E-state index >= 15 is 4.57 Å². The Balaban J connectivity index is 3.30. The van der Waals surface area contributed by atoms with Gasteiger partial charge in [-0.05, 0) is 67.6 Å². The van der Waals surface area contributed by atoms with Crippen LogP contribution in [0.5, 0.6) is 5.75 Å². The first-order valence-electron chi connectivity index (χ1n) is 22.6. The first-order valence-corrected chi connectivity index (χ1v) is 24.3. The van der Waals surface area contributed by atoms with Crippen LogP contribution in [0.1, 0.15) is 244 Å². The highest BCUT2D eigenvalue weighted by atomic mass is 31.2. The van der Waals surface area contributed by atoms with E-state index in [4.69, 9.17) is 9.05 Å². The zero-order chi connectivity index (χ0) is 37.4. The molecule has 0 radical (unpaired) electrons. The molecule has 0 fully saturated rings. The lowest BCUT2D eigenvalue weighted by atomic mass is 9.88. The van der Waals surface area contributed by atoms with Crippen LogP contribution in [0.2, 0.25) is 0 Å². The molecule has 0 aliphatic rings. The van der Waals surface area contributed by atoms with E-state index in [9.17, 15) is 5.11 Å². The Kier molecular flexibility index (Phi) is 30.8. The van der Waals surface area contributed by atoms with Crippen molar-refractivity contribution in [3.8, 4) is 5.75 Å². The second-order valence-electron chi connectivity index (χ2n) is 15.7. The van der Waals surface area contributed by atoms with Crippen LogP contribution in [0.4, 0.5) is 0 Å². The lowest BCUT2D eigenvalue weighted by Crippen LogP contribution is -2.18. The highest BCUT2D eigenvalue weighted by Crippen LogP contribution is 2.65. The molecule has 1 rings (SSSR count). The fourth-order valence-corrected chi connectivity index (χ4v) is 10.2. The predicted molar refractivity (Wildman–Crippen MR) is 225 cm³/mol. The molecule has 2 atom stereocenters. The van der Waals surface area contributed by atoms with Gasteiger partial charge in [0.2, 0.25) is 0 Å². The van der Waals surface area contributed by atoms with Gasteiger partial charge in [-0.3, -0.25) is 4.57 Å². The summed E-state index contributed by atoms with van der Waals surface area (Å²) >= 11 is 0. The van der Waals surface area contributed by atoms with Crippen LogP contribution in [0, 0.1) is 5.92 Å². The third-order valence-corrected chi connectivity index (χ3v) is 13.5. The summed E-state index contributed by atoms with van der Waals surface area (Å²) in [6.07, 6.45) is 35.1. The predicted octanol–water partition coefficient (Wildman–Crippen LogP) is 16.4. The molecule has 4 nitrogen and oxygen atoms in total. The van der Waals surface area contributed by atoms with Crippen LogP contribution in [-0.2, 0) is 26.5 Å². The number of phenols is 1. The van der Waals surface area contributed by atoms with Gasteiger partial charge in [-0.1, -0.05) is 201 Å². The van der Waals surface area contributed by atoms with Crippen molar-refractivity contribution in [1.29, 1.82) is 0 Å². The van der Waals surface area contributed by atoms with Crippen LogP contribution in [0.3, 0.4) is 0 Å². The van der Waals surface area contributed by atoms with Crippen molar-refractivity contribution in [3.63, 3.8) is 0 Å². The Morgan fingerprint density at radius 3 is 1.29 bits per heavy atom. The highest BCUT2D eigenvalue weighted by molar-refractivity contribution is 7.54. The van der Waals surface area contributed by atoms with E-state index in [2.05, 4.69) is 53.7 Å². The number of hydrogen-bond acceptors (Lipinski definition) is 4. The average Bonchev–Trinajstić information content (AvgIpc) is 3.13. The van der Waals surface area contributed by atoms with Crippen LogP contribution in [-0.4, -0.2) is 18.3 Å². The fraction of sp³-hybridized carbons (Fsp3) is 0.870. The van der Waals surface area contributed by atoms with Crippen LogP contribution in [0.25, 0.3) is 0 Å². The maximum Gasteiger partial charge on any atom is 0.338 e. The van der Waals surface area contributed by atoms with E-state index in [0.717, 1.165) is 100 Å². The first-order chi connectivity index (χ1) is 24.9. The summed E-state index contributed by atoms with van der Waals surface area (Å²) in [7, 11) is -3.51. The Labute approximate surface area is 319 Å². The number of rotatable bonds is 37. The summed E-state index contributed by atoms with van der Waals surface area (Å²) in [6.45, 7) is 14.5. The molecule has 5 heteroatoms. The normalized spacial score (nSPS) is 13.2. The van der Waals surface area contributed by atoms with Crippen molar-refractivity contribution in [3.05, 3.63) is 28.8 Å². The standard InChI is InChI=1S/C46H87O4P/c1-7-13-18-21-23-25-27-29-32-37-49-51(48,50-38-33-30-28-26-24-22-19-14-8-2)46(41(12-6)34-16-10-4)44-39-42(35-17-11-5)45(47)43(40-44)36-31-20-15-9-3/h39-41,46-47H,7-38H2,1-6H3. The minimum atomic E-state index is -3.51. The first kappa shape index (κ1) is 48.2. The van der Waals surface area contributed by atoms with E-state index in [1.807, 2.05) is 0 Å². The third kappa shape index (κ3) is 21.6. The molecule has 0 heterocycles. The van der Waals surface area contributed by atoms with Gasteiger partial charge in [0.05, 0.1) is 18.9 Å². The summed E-state index contributed by atoms with van der Waals surface area (Å²) in [4.78, 5) is 0. The van der Waals surface area contributed by atoms with Gasteiger partial charge in [0.1, 0.15) is 5.75 Å².